The Kier molecular flexibility index (Phi) is 8.77. The summed E-state index contributed by atoms with van der Waals surface area (Å²) >= 11 is 0. The van der Waals surface area contributed by atoms with E-state index in [2.05, 4.69) is 51.1 Å². The van der Waals surface area contributed by atoms with Crippen molar-refractivity contribution in [1.82, 2.24) is 9.80 Å². The van der Waals surface area contributed by atoms with Gasteiger partial charge in [-0.25, -0.2) is 4.39 Å². The van der Waals surface area contributed by atoms with Crippen LogP contribution in [0.5, 0.6) is 17.2 Å². The van der Waals surface area contributed by atoms with Crippen LogP contribution >= 0.6 is 0 Å². The van der Waals surface area contributed by atoms with Crippen molar-refractivity contribution in [2.24, 2.45) is 5.92 Å². The van der Waals surface area contributed by atoms with E-state index in [1.54, 1.807) is 23.1 Å². The Morgan fingerprint density at radius 1 is 0.840 bits per heavy atom. The fraction of sp³-hybridized carbons (Fsp3) is 0.390. The Labute approximate surface area is 293 Å². The number of piperazine rings is 1. The van der Waals surface area contributed by atoms with Gasteiger partial charge in [0.1, 0.15) is 11.5 Å². The zero-order valence-electron chi connectivity index (χ0n) is 28.9. The number of carbonyl (C=O) groups excluding carboxylic acids is 1. The van der Waals surface area contributed by atoms with Gasteiger partial charge in [0.25, 0.3) is 5.91 Å². The standard InChI is InChI=1S/C41H45FN4O4/c1-43-25-30-21-32(8-10-34(30)41(43)48)46-19-17-44(18-20-46)24-27-13-15-45(16-14-27)31-6-3-28(4-7-31)40-35-11-9-33(47)23-38(35)50-26-36(40)29-5-12-37(42)39(22-29)49-2/h3-12,21-23,27,36,40,47H,13-20,24-26H2,1-2H3. The van der Waals surface area contributed by atoms with Crippen molar-refractivity contribution < 1.29 is 23.8 Å². The summed E-state index contributed by atoms with van der Waals surface area (Å²) in [7, 11) is 3.35. The molecule has 4 aromatic rings. The molecular weight excluding hydrogens is 631 g/mol. The molecule has 4 aliphatic heterocycles. The second kappa shape index (κ2) is 13.5. The molecular formula is C41H45FN4O4. The molecule has 4 heterocycles. The van der Waals surface area contributed by atoms with Crippen LogP contribution in [0.3, 0.4) is 0 Å². The van der Waals surface area contributed by atoms with Crippen molar-refractivity contribution in [2.45, 2.75) is 31.2 Å². The number of amides is 1. The molecule has 0 spiro atoms. The average molecular weight is 677 g/mol. The molecule has 2 atom stereocenters. The highest BCUT2D eigenvalue weighted by atomic mass is 19.1. The van der Waals surface area contributed by atoms with Gasteiger partial charge < -0.3 is 29.3 Å². The minimum Gasteiger partial charge on any atom is -0.508 e. The summed E-state index contributed by atoms with van der Waals surface area (Å²) in [5.74, 6) is 1.44. The van der Waals surface area contributed by atoms with E-state index in [-0.39, 0.29) is 35.1 Å². The molecule has 2 unspecified atom stereocenters. The third kappa shape index (κ3) is 6.23. The van der Waals surface area contributed by atoms with Crippen LogP contribution in [0.4, 0.5) is 15.8 Å². The minimum absolute atomic E-state index is 0.0247. The molecule has 260 valence electrons. The Morgan fingerprint density at radius 2 is 1.56 bits per heavy atom. The number of hydrogen-bond acceptors (Lipinski definition) is 7. The Morgan fingerprint density at radius 3 is 2.32 bits per heavy atom. The number of fused-ring (bicyclic) bond motifs is 2. The molecule has 9 heteroatoms. The van der Waals surface area contributed by atoms with Crippen molar-refractivity contribution in [2.75, 3.05) is 76.4 Å². The van der Waals surface area contributed by atoms with Gasteiger partial charge in [-0.15, -0.1) is 0 Å². The largest absolute Gasteiger partial charge is 0.508 e. The van der Waals surface area contributed by atoms with Crippen LogP contribution in [0, 0.1) is 11.7 Å². The van der Waals surface area contributed by atoms with Gasteiger partial charge in [-0.2, -0.15) is 0 Å². The first-order valence-electron chi connectivity index (χ1n) is 17.8. The number of phenols is 1. The number of halogens is 1. The van der Waals surface area contributed by atoms with Crippen molar-refractivity contribution in [1.29, 1.82) is 0 Å². The third-order valence-electron chi connectivity index (χ3n) is 11.3. The van der Waals surface area contributed by atoms with Crippen LogP contribution in [0.1, 0.15) is 57.3 Å². The number of benzene rings is 4. The number of hydrogen-bond donors (Lipinski definition) is 1. The van der Waals surface area contributed by atoms with E-state index in [0.29, 0.717) is 24.8 Å². The molecule has 0 bridgehead atoms. The van der Waals surface area contributed by atoms with Gasteiger partial charge >= 0.3 is 0 Å². The number of nitrogens with zero attached hydrogens (tertiary/aromatic N) is 4. The number of phenolic OH excluding ortho intramolecular Hbond substituents is 1. The van der Waals surface area contributed by atoms with E-state index in [1.807, 2.05) is 25.2 Å². The molecule has 0 radical (unpaired) electrons. The van der Waals surface area contributed by atoms with Crippen molar-refractivity contribution in [3.05, 3.63) is 112 Å². The second-order valence-electron chi connectivity index (χ2n) is 14.3. The van der Waals surface area contributed by atoms with E-state index in [1.165, 1.54) is 37.4 Å². The smallest absolute Gasteiger partial charge is 0.254 e. The van der Waals surface area contributed by atoms with Gasteiger partial charge in [0.05, 0.1) is 13.7 Å². The highest BCUT2D eigenvalue weighted by Crippen LogP contribution is 2.48. The molecule has 2 fully saturated rings. The molecule has 50 heavy (non-hydrogen) atoms. The molecule has 4 aliphatic rings. The van der Waals surface area contributed by atoms with E-state index in [9.17, 15) is 14.3 Å². The first kappa shape index (κ1) is 32.4. The Bertz CT molecular complexity index is 1870. The maximum atomic E-state index is 14.3. The summed E-state index contributed by atoms with van der Waals surface area (Å²) in [6, 6.07) is 25.6. The number of piperidine rings is 1. The summed E-state index contributed by atoms with van der Waals surface area (Å²) in [5.41, 5.74) is 7.58. The quantitative estimate of drug-likeness (QED) is 0.241. The maximum Gasteiger partial charge on any atom is 0.254 e. The number of ether oxygens (including phenoxy) is 2. The molecule has 0 aliphatic carbocycles. The lowest BCUT2D eigenvalue weighted by molar-refractivity contribution is 0.0816. The van der Waals surface area contributed by atoms with Gasteiger partial charge in [0.2, 0.25) is 0 Å². The molecule has 0 aromatic heterocycles. The highest BCUT2D eigenvalue weighted by molar-refractivity contribution is 5.98. The molecule has 8 rings (SSSR count). The van der Waals surface area contributed by atoms with Crippen LogP contribution < -0.4 is 19.3 Å². The summed E-state index contributed by atoms with van der Waals surface area (Å²) in [6.07, 6.45) is 2.36. The average Bonchev–Trinajstić information content (AvgIpc) is 3.43. The molecule has 0 saturated carbocycles. The molecule has 2 saturated heterocycles. The van der Waals surface area contributed by atoms with Crippen molar-refractivity contribution in [3.8, 4) is 17.2 Å². The van der Waals surface area contributed by atoms with Gasteiger partial charge in [-0.05, 0) is 84.0 Å². The fourth-order valence-corrected chi connectivity index (χ4v) is 8.47. The van der Waals surface area contributed by atoms with E-state index in [0.717, 1.165) is 73.6 Å². The van der Waals surface area contributed by atoms with E-state index >= 15 is 0 Å². The second-order valence-corrected chi connectivity index (χ2v) is 14.3. The summed E-state index contributed by atoms with van der Waals surface area (Å²) in [6.45, 7) is 8.52. The van der Waals surface area contributed by atoms with Crippen LogP contribution in [-0.2, 0) is 6.54 Å². The Balaban J connectivity index is 0.889. The lowest BCUT2D eigenvalue weighted by Crippen LogP contribution is -2.49. The third-order valence-corrected chi connectivity index (χ3v) is 11.3. The van der Waals surface area contributed by atoms with E-state index < -0.39 is 0 Å². The SMILES string of the molecule is COc1cc(C2COc3cc(O)ccc3C2c2ccc(N3CCC(CN4CCN(c5ccc6c(c5)CN(C)C6=O)CC4)CC3)cc2)ccc1F. The predicted octanol–water partition coefficient (Wildman–Crippen LogP) is 6.47. The Hall–Kier alpha value is -4.76. The number of aromatic hydroxyl groups is 1. The number of methoxy groups -OCH3 is 1. The zero-order valence-corrected chi connectivity index (χ0v) is 28.9. The monoisotopic (exact) mass is 676 g/mol. The van der Waals surface area contributed by atoms with Crippen LogP contribution in [0.2, 0.25) is 0 Å². The van der Waals surface area contributed by atoms with Gasteiger partial charge in [-0.3, -0.25) is 9.69 Å². The lowest BCUT2D eigenvalue weighted by atomic mass is 9.75. The van der Waals surface area contributed by atoms with Crippen molar-refractivity contribution >= 4 is 17.3 Å². The summed E-state index contributed by atoms with van der Waals surface area (Å²) < 4.78 is 25.8. The van der Waals surface area contributed by atoms with Crippen molar-refractivity contribution in [3.63, 3.8) is 0 Å². The van der Waals surface area contributed by atoms with Crippen LogP contribution in [0.15, 0.2) is 78.9 Å². The van der Waals surface area contributed by atoms with Gasteiger partial charge in [0, 0.05) is 99.8 Å². The minimum atomic E-state index is -0.384. The normalized spacial score (nSPS) is 21.2. The number of carbonyl (C=O) groups is 1. The summed E-state index contributed by atoms with van der Waals surface area (Å²) in [4.78, 5) is 21.7. The van der Waals surface area contributed by atoms with E-state index in [4.69, 9.17) is 9.47 Å². The first-order valence-corrected chi connectivity index (χ1v) is 17.8. The predicted molar refractivity (Wildman–Crippen MR) is 193 cm³/mol. The number of rotatable bonds is 7. The van der Waals surface area contributed by atoms with Gasteiger partial charge in [0.15, 0.2) is 11.6 Å². The topological polar surface area (TPSA) is 68.7 Å². The highest BCUT2D eigenvalue weighted by Gasteiger charge is 2.35. The lowest BCUT2D eigenvalue weighted by Gasteiger charge is -2.40. The van der Waals surface area contributed by atoms with Gasteiger partial charge in [-0.1, -0.05) is 24.3 Å². The van der Waals surface area contributed by atoms with Crippen LogP contribution in [-0.4, -0.2) is 87.4 Å². The number of anilines is 2. The first-order chi connectivity index (χ1) is 24.3. The molecule has 1 amide bonds. The maximum absolute atomic E-state index is 14.3. The molecule has 8 nitrogen and oxygen atoms in total. The van der Waals surface area contributed by atoms with Crippen LogP contribution in [0.25, 0.3) is 0 Å². The molecule has 1 N–H and O–H groups in total. The molecule has 4 aromatic carbocycles. The summed E-state index contributed by atoms with van der Waals surface area (Å²) in [5, 5.41) is 10.2. The zero-order chi connectivity index (χ0) is 34.4. The fourth-order valence-electron chi connectivity index (χ4n) is 8.47.